The number of anilines is 2. The molecule has 0 radical (unpaired) electrons. The number of carbonyl (C=O) groups is 1. The predicted molar refractivity (Wildman–Crippen MR) is 233 cm³/mol. The van der Waals surface area contributed by atoms with Gasteiger partial charge in [0.1, 0.15) is 5.69 Å². The van der Waals surface area contributed by atoms with Gasteiger partial charge in [0, 0.05) is 73.0 Å². The van der Waals surface area contributed by atoms with Crippen molar-refractivity contribution in [3.63, 3.8) is 0 Å². The molecule has 0 aliphatic carbocycles. The van der Waals surface area contributed by atoms with E-state index in [9.17, 15) is 23.3 Å². The van der Waals surface area contributed by atoms with Gasteiger partial charge in [-0.15, -0.1) is 11.8 Å². The first kappa shape index (κ1) is 41.2. The Labute approximate surface area is 349 Å². The second-order valence-electron chi connectivity index (χ2n) is 14.5. The number of hydrogen-bond donors (Lipinski definition) is 2. The van der Waals surface area contributed by atoms with Crippen molar-refractivity contribution >= 4 is 44.8 Å². The second-order valence-corrected chi connectivity index (χ2v) is 17.3. The first-order valence-electron chi connectivity index (χ1n) is 19.3. The highest BCUT2D eigenvalue weighted by Crippen LogP contribution is 2.36. The SMILES string of the molecule is COC1(Cc2ccccc2-c2ccccc2)CCN(c2ccc(C(=O)NS(=O)(=O)c3ccc(N[C@H](CSc4ccccc4)Cc4cccnc4)c([N+](=O)[O-])c3)cc2)CC1. The zero-order valence-electron chi connectivity index (χ0n) is 32.6. The Kier molecular flexibility index (Phi) is 13.0. The van der Waals surface area contributed by atoms with E-state index >= 15 is 0 Å². The summed E-state index contributed by atoms with van der Waals surface area (Å²) < 4.78 is 35.2. The van der Waals surface area contributed by atoms with Crippen molar-refractivity contribution in [1.82, 2.24) is 9.71 Å². The van der Waals surface area contributed by atoms with E-state index in [1.54, 1.807) is 55.5 Å². The van der Waals surface area contributed by atoms with E-state index in [1.165, 1.54) is 28.8 Å². The molecule has 2 heterocycles. The summed E-state index contributed by atoms with van der Waals surface area (Å²) in [4.78, 5) is 32.0. The fourth-order valence-corrected chi connectivity index (χ4v) is 9.39. The largest absolute Gasteiger partial charge is 0.378 e. The monoisotopic (exact) mass is 827 g/mol. The van der Waals surface area contributed by atoms with Crippen molar-refractivity contribution in [3.8, 4) is 11.1 Å². The van der Waals surface area contributed by atoms with Gasteiger partial charge < -0.3 is 15.0 Å². The van der Waals surface area contributed by atoms with Crippen molar-refractivity contribution < 1.29 is 22.9 Å². The van der Waals surface area contributed by atoms with Gasteiger partial charge in [0.25, 0.3) is 21.6 Å². The van der Waals surface area contributed by atoms with E-state index in [0.29, 0.717) is 12.2 Å². The van der Waals surface area contributed by atoms with E-state index in [2.05, 4.69) is 56.3 Å². The van der Waals surface area contributed by atoms with E-state index in [4.69, 9.17) is 4.74 Å². The molecule has 5 aromatic carbocycles. The molecule has 7 rings (SSSR count). The maximum atomic E-state index is 13.5. The maximum Gasteiger partial charge on any atom is 0.293 e. The molecule has 11 nitrogen and oxygen atoms in total. The zero-order valence-corrected chi connectivity index (χ0v) is 34.2. The second kappa shape index (κ2) is 18.7. The average Bonchev–Trinajstić information content (AvgIpc) is 3.27. The van der Waals surface area contributed by atoms with Gasteiger partial charge in [-0.1, -0.05) is 78.9 Å². The minimum Gasteiger partial charge on any atom is -0.378 e. The number of rotatable bonds is 16. The Morgan fingerprint density at radius 1 is 0.898 bits per heavy atom. The number of aromatic nitrogens is 1. The van der Waals surface area contributed by atoms with E-state index in [0.717, 1.165) is 54.6 Å². The highest BCUT2D eigenvalue weighted by Gasteiger charge is 2.36. The summed E-state index contributed by atoms with van der Waals surface area (Å²) in [5.74, 6) is -0.272. The zero-order chi connectivity index (χ0) is 41.2. The molecule has 0 spiro atoms. The number of hydrogen-bond acceptors (Lipinski definition) is 10. The lowest BCUT2D eigenvalue weighted by molar-refractivity contribution is -0.384. The van der Waals surface area contributed by atoms with Gasteiger partial charge in [0.05, 0.1) is 15.4 Å². The molecule has 1 aromatic heterocycles. The quantitative estimate of drug-likeness (QED) is 0.0552. The number of thioether (sulfide) groups is 1. The Hall–Kier alpha value is -6.02. The molecule has 2 N–H and O–H groups in total. The van der Waals surface area contributed by atoms with Crippen molar-refractivity contribution in [2.24, 2.45) is 0 Å². The van der Waals surface area contributed by atoms with Crippen molar-refractivity contribution in [2.45, 2.75) is 47.1 Å². The number of piperidine rings is 1. The van der Waals surface area contributed by atoms with Gasteiger partial charge in [-0.25, -0.2) is 13.1 Å². The lowest BCUT2D eigenvalue weighted by Crippen LogP contribution is -2.47. The predicted octanol–water partition coefficient (Wildman–Crippen LogP) is 8.82. The van der Waals surface area contributed by atoms with E-state index in [1.807, 2.05) is 60.7 Å². The molecule has 1 aliphatic heterocycles. The first-order chi connectivity index (χ1) is 28.6. The summed E-state index contributed by atoms with van der Waals surface area (Å²) >= 11 is 1.60. The van der Waals surface area contributed by atoms with Gasteiger partial charge in [-0.3, -0.25) is 19.9 Å². The number of pyridine rings is 1. The Morgan fingerprint density at radius 3 is 2.27 bits per heavy atom. The molecule has 1 fully saturated rings. The number of carbonyl (C=O) groups excluding carboxylic acids is 1. The smallest absolute Gasteiger partial charge is 0.293 e. The molecule has 0 saturated carbocycles. The molecule has 1 atom stereocenters. The van der Waals surface area contributed by atoms with E-state index < -0.39 is 31.4 Å². The summed E-state index contributed by atoms with van der Waals surface area (Å²) in [6.45, 7) is 1.47. The number of nitro groups is 1. The summed E-state index contributed by atoms with van der Waals surface area (Å²) in [6.07, 6.45) is 6.32. The Balaban J connectivity index is 0.993. The maximum absolute atomic E-state index is 13.5. The first-order valence-corrected chi connectivity index (χ1v) is 21.8. The third-order valence-corrected chi connectivity index (χ3v) is 13.2. The van der Waals surface area contributed by atoms with Crippen LogP contribution in [-0.2, 0) is 27.6 Å². The minimum atomic E-state index is -4.47. The molecule has 1 amide bonds. The van der Waals surface area contributed by atoms with Crippen LogP contribution < -0.4 is 14.9 Å². The van der Waals surface area contributed by atoms with Crippen molar-refractivity contribution in [2.75, 3.05) is 36.2 Å². The lowest BCUT2D eigenvalue weighted by atomic mass is 9.82. The molecular weight excluding hydrogens is 783 g/mol. The lowest BCUT2D eigenvalue weighted by Gasteiger charge is -2.42. The molecular formula is C46H45N5O6S2. The molecule has 0 unspecified atom stereocenters. The number of benzene rings is 5. The van der Waals surface area contributed by atoms with Crippen LogP contribution in [-0.4, -0.2) is 61.8 Å². The molecule has 1 aliphatic rings. The van der Waals surface area contributed by atoms with Gasteiger partial charge in [-0.05, 0) is 96.1 Å². The summed E-state index contributed by atoms with van der Waals surface area (Å²) in [5, 5.41) is 15.6. The number of nitrogens with zero attached hydrogens (tertiary/aromatic N) is 3. The van der Waals surface area contributed by atoms with Crippen LogP contribution in [0.25, 0.3) is 11.1 Å². The third kappa shape index (κ3) is 10.4. The van der Waals surface area contributed by atoms with Crippen molar-refractivity contribution in [3.05, 3.63) is 179 Å². The highest BCUT2D eigenvalue weighted by molar-refractivity contribution is 7.99. The minimum absolute atomic E-state index is 0.139. The van der Waals surface area contributed by atoms with Gasteiger partial charge in [0.2, 0.25) is 0 Å². The molecule has 6 aromatic rings. The normalized spacial score (nSPS) is 14.3. The Bertz CT molecular complexity index is 2470. The van der Waals surface area contributed by atoms with Gasteiger partial charge in [-0.2, -0.15) is 0 Å². The Morgan fingerprint density at radius 2 is 1.59 bits per heavy atom. The third-order valence-electron chi connectivity index (χ3n) is 10.7. The summed E-state index contributed by atoms with van der Waals surface area (Å²) in [5.41, 5.74) is 5.00. The van der Waals surface area contributed by atoms with Crippen LogP contribution in [0.15, 0.2) is 162 Å². The van der Waals surface area contributed by atoms with Crippen LogP contribution in [0.4, 0.5) is 17.1 Å². The average molecular weight is 828 g/mol. The van der Waals surface area contributed by atoms with Crippen LogP contribution >= 0.6 is 11.8 Å². The molecule has 302 valence electrons. The summed E-state index contributed by atoms with van der Waals surface area (Å²) in [7, 11) is -2.69. The number of sulfonamides is 1. The number of methoxy groups -OCH3 is 1. The van der Waals surface area contributed by atoms with Crippen LogP contribution in [0, 0.1) is 10.1 Å². The standard InChI is InChI=1S/C46H45N5O6S2/c1-57-46(31-37-14-8-9-17-42(37)35-12-4-2-5-13-35)24-27-50(28-25-46)39-20-18-36(19-21-39)45(52)49-59(55,56)41-22-23-43(44(30-41)51(53)54)48-38(29-34-11-10-26-47-32-34)33-58-40-15-6-3-7-16-40/h2-23,26,30,32,38,48H,24-25,27-29,31,33H2,1H3,(H,49,52)/t38-/m0/s1. The molecule has 59 heavy (non-hydrogen) atoms. The topological polar surface area (TPSA) is 144 Å². The van der Waals surface area contributed by atoms with Crippen LogP contribution in [0.5, 0.6) is 0 Å². The molecule has 1 saturated heterocycles. The number of nitrogens with one attached hydrogen (secondary N) is 2. The molecule has 0 bridgehead atoms. The highest BCUT2D eigenvalue weighted by atomic mass is 32.2. The van der Waals surface area contributed by atoms with Crippen LogP contribution in [0.3, 0.4) is 0 Å². The fourth-order valence-electron chi connectivity index (χ4n) is 7.45. The number of amides is 1. The van der Waals surface area contributed by atoms with E-state index in [-0.39, 0.29) is 22.9 Å². The number of nitro benzene ring substituents is 1. The molecule has 13 heteroatoms. The van der Waals surface area contributed by atoms with Crippen LogP contribution in [0.2, 0.25) is 0 Å². The van der Waals surface area contributed by atoms with Gasteiger partial charge in [0.15, 0.2) is 0 Å². The summed E-state index contributed by atoms with van der Waals surface area (Å²) in [6, 6.07) is 42.5. The van der Waals surface area contributed by atoms with Gasteiger partial charge >= 0.3 is 0 Å². The van der Waals surface area contributed by atoms with Crippen molar-refractivity contribution in [1.29, 1.82) is 0 Å². The van der Waals surface area contributed by atoms with Crippen LogP contribution in [0.1, 0.15) is 34.3 Å². The number of ether oxygens (including phenoxy) is 1. The fraction of sp³-hybridized carbons (Fsp3) is 0.217.